The van der Waals surface area contributed by atoms with E-state index in [1.165, 1.54) is 334 Å². The molecule has 2 unspecified atom stereocenters. The van der Waals surface area contributed by atoms with Crippen molar-refractivity contribution in [1.82, 2.24) is 5.32 Å². The molecule has 0 aromatic carbocycles. The Kier molecular flexibility index (Phi) is 67.4. The second-order valence-corrected chi connectivity index (χ2v) is 24.9. The van der Waals surface area contributed by atoms with Crippen molar-refractivity contribution in [3.8, 4) is 0 Å². The summed E-state index contributed by atoms with van der Waals surface area (Å²) >= 11 is 0. The van der Waals surface area contributed by atoms with Gasteiger partial charge in [-0.15, -0.1) is 0 Å². The van der Waals surface area contributed by atoms with Crippen molar-refractivity contribution in [2.24, 2.45) is 0 Å². The topological polar surface area (TPSA) is 95.9 Å². The van der Waals surface area contributed by atoms with Gasteiger partial charge in [0.05, 0.1) is 25.4 Å². The quantitative estimate of drug-likeness (QED) is 0.0320. The molecule has 0 aromatic heterocycles. The van der Waals surface area contributed by atoms with Gasteiger partial charge in [-0.05, 0) is 57.8 Å². The fourth-order valence-corrected chi connectivity index (χ4v) is 11.5. The van der Waals surface area contributed by atoms with Crippen molar-refractivity contribution in [3.05, 3.63) is 24.3 Å². The van der Waals surface area contributed by atoms with Crippen LogP contribution in [0, 0.1) is 0 Å². The van der Waals surface area contributed by atoms with Crippen LogP contribution in [0.1, 0.15) is 406 Å². The Morgan fingerprint density at radius 1 is 0.342 bits per heavy atom. The number of hydrogen-bond donors (Lipinski definition) is 3. The zero-order chi connectivity index (χ0) is 57.1. The van der Waals surface area contributed by atoms with Gasteiger partial charge in [-0.2, -0.15) is 0 Å². The van der Waals surface area contributed by atoms with Crippen LogP contribution in [-0.4, -0.2) is 47.4 Å². The van der Waals surface area contributed by atoms with Crippen LogP contribution < -0.4 is 5.32 Å². The lowest BCUT2D eigenvalue weighted by molar-refractivity contribution is -0.143. The van der Waals surface area contributed by atoms with Crippen LogP contribution in [0.2, 0.25) is 0 Å². The predicted octanol–water partition coefficient (Wildman–Crippen LogP) is 23.3. The Hall–Kier alpha value is -1.66. The number of amides is 1. The maximum Gasteiger partial charge on any atom is 0.305 e. The SMILES string of the molecule is CCCCCCCC/C=C\CCCCCCCCCC(=O)OCCCCCCCCCCCCCCCCCCCCCCCCCCCCCCCCCCC(=O)NC(CO)C(O)/C=C/CCCCCCCCCCCCC. The van der Waals surface area contributed by atoms with Gasteiger partial charge in [-0.25, -0.2) is 0 Å². The van der Waals surface area contributed by atoms with Gasteiger partial charge < -0.3 is 20.3 Å². The smallest absolute Gasteiger partial charge is 0.305 e. The van der Waals surface area contributed by atoms with Crippen LogP contribution in [0.5, 0.6) is 0 Å². The number of aliphatic hydroxyl groups excluding tert-OH is 2. The van der Waals surface area contributed by atoms with Crippen molar-refractivity contribution in [2.75, 3.05) is 13.2 Å². The minimum absolute atomic E-state index is 0.0182. The summed E-state index contributed by atoms with van der Waals surface area (Å²) in [5.41, 5.74) is 0. The summed E-state index contributed by atoms with van der Waals surface area (Å²) < 4.78 is 5.51. The molecule has 79 heavy (non-hydrogen) atoms. The molecular weight excluding hydrogens is 971 g/mol. The molecule has 0 spiro atoms. The van der Waals surface area contributed by atoms with Gasteiger partial charge in [0.25, 0.3) is 0 Å². The van der Waals surface area contributed by atoms with Gasteiger partial charge in [0.15, 0.2) is 0 Å². The van der Waals surface area contributed by atoms with Crippen molar-refractivity contribution < 1.29 is 24.5 Å². The molecule has 0 aliphatic heterocycles. The van der Waals surface area contributed by atoms with Gasteiger partial charge >= 0.3 is 5.97 Å². The summed E-state index contributed by atoms with van der Waals surface area (Å²) in [6, 6.07) is -0.623. The normalized spacial score (nSPS) is 12.6. The zero-order valence-electron chi connectivity index (χ0n) is 53.6. The van der Waals surface area contributed by atoms with Crippen LogP contribution in [0.3, 0.4) is 0 Å². The molecule has 6 nitrogen and oxygen atoms in total. The molecule has 3 N–H and O–H groups in total. The van der Waals surface area contributed by atoms with E-state index < -0.39 is 12.1 Å². The van der Waals surface area contributed by atoms with E-state index >= 15 is 0 Å². The first kappa shape index (κ1) is 77.3. The summed E-state index contributed by atoms with van der Waals surface area (Å²) in [5, 5.41) is 23.1. The van der Waals surface area contributed by atoms with Crippen molar-refractivity contribution in [2.45, 2.75) is 418 Å². The van der Waals surface area contributed by atoms with E-state index in [1.54, 1.807) is 6.08 Å². The zero-order valence-corrected chi connectivity index (χ0v) is 53.6. The van der Waals surface area contributed by atoms with E-state index in [-0.39, 0.29) is 18.5 Å². The molecule has 0 heterocycles. The molecular formula is C73H141NO5. The Labute approximate surface area is 494 Å². The van der Waals surface area contributed by atoms with E-state index in [0.29, 0.717) is 19.4 Å². The van der Waals surface area contributed by atoms with E-state index in [4.69, 9.17) is 4.74 Å². The molecule has 2 atom stereocenters. The van der Waals surface area contributed by atoms with Crippen LogP contribution >= 0.6 is 0 Å². The average molecular weight is 1110 g/mol. The van der Waals surface area contributed by atoms with Crippen molar-refractivity contribution in [1.29, 1.82) is 0 Å². The van der Waals surface area contributed by atoms with Gasteiger partial charge in [0.2, 0.25) is 5.91 Å². The molecule has 0 rings (SSSR count). The molecule has 468 valence electrons. The summed E-state index contributed by atoms with van der Waals surface area (Å²) in [6.45, 7) is 4.93. The molecule has 0 aliphatic carbocycles. The highest BCUT2D eigenvalue weighted by Crippen LogP contribution is 2.19. The second-order valence-electron chi connectivity index (χ2n) is 24.9. The maximum absolute atomic E-state index is 12.5. The molecule has 1 amide bonds. The number of nitrogens with one attached hydrogen (secondary N) is 1. The number of carbonyl (C=O) groups excluding carboxylic acids is 2. The predicted molar refractivity (Wildman–Crippen MR) is 347 cm³/mol. The van der Waals surface area contributed by atoms with Gasteiger partial charge in [0, 0.05) is 12.8 Å². The van der Waals surface area contributed by atoms with E-state index in [0.717, 1.165) is 44.9 Å². The number of unbranched alkanes of at least 4 members (excludes halogenated alkanes) is 55. The highest BCUT2D eigenvalue weighted by atomic mass is 16.5. The number of allylic oxidation sites excluding steroid dienone is 3. The Morgan fingerprint density at radius 2 is 0.595 bits per heavy atom. The Bertz CT molecular complexity index is 1230. The van der Waals surface area contributed by atoms with Gasteiger partial charge in [-0.1, -0.05) is 359 Å². The van der Waals surface area contributed by atoms with E-state index in [9.17, 15) is 19.8 Å². The molecule has 0 aliphatic rings. The van der Waals surface area contributed by atoms with E-state index in [1.807, 2.05) is 6.08 Å². The Balaban J connectivity index is 3.31. The minimum atomic E-state index is -0.840. The third-order valence-electron chi connectivity index (χ3n) is 17.0. The lowest BCUT2D eigenvalue weighted by Gasteiger charge is -2.20. The van der Waals surface area contributed by atoms with Crippen LogP contribution in [0.15, 0.2) is 24.3 Å². The van der Waals surface area contributed by atoms with E-state index in [2.05, 4.69) is 31.3 Å². The molecule has 0 saturated carbocycles. The number of rotatable bonds is 68. The van der Waals surface area contributed by atoms with Crippen LogP contribution in [0.25, 0.3) is 0 Å². The fourth-order valence-electron chi connectivity index (χ4n) is 11.5. The standard InChI is InChI=1S/C73H141NO5/c1-3-5-7-9-11-13-15-17-18-35-39-43-47-51-55-59-63-67-73(78)79-68-64-60-56-52-48-44-40-37-34-32-30-28-26-24-22-20-19-21-23-25-27-29-31-33-36-38-42-46-50-54-58-62-66-72(77)74-70(69-75)71(76)65-61-57-53-49-45-41-16-14-12-10-8-6-4-2/h17-18,61,65,70-71,75-76H,3-16,19-60,62-64,66-69H2,1-2H3,(H,74,77)/b18-17-,65-61+. The highest BCUT2D eigenvalue weighted by Gasteiger charge is 2.18. The number of ether oxygens (including phenoxy) is 1. The number of esters is 1. The highest BCUT2D eigenvalue weighted by molar-refractivity contribution is 5.76. The first-order valence-corrected chi connectivity index (χ1v) is 36.1. The summed E-state index contributed by atoms with van der Waals surface area (Å²) in [6.07, 6.45) is 87.0. The summed E-state index contributed by atoms with van der Waals surface area (Å²) in [5.74, 6) is -0.0435. The van der Waals surface area contributed by atoms with Gasteiger partial charge in [0.1, 0.15) is 0 Å². The van der Waals surface area contributed by atoms with Crippen molar-refractivity contribution >= 4 is 11.9 Å². The van der Waals surface area contributed by atoms with Gasteiger partial charge in [-0.3, -0.25) is 9.59 Å². The summed E-state index contributed by atoms with van der Waals surface area (Å²) in [4.78, 5) is 24.6. The second kappa shape index (κ2) is 68.8. The Morgan fingerprint density at radius 3 is 0.899 bits per heavy atom. The molecule has 0 bridgehead atoms. The lowest BCUT2D eigenvalue weighted by atomic mass is 10.0. The minimum Gasteiger partial charge on any atom is -0.466 e. The lowest BCUT2D eigenvalue weighted by Crippen LogP contribution is -2.45. The third-order valence-corrected chi connectivity index (χ3v) is 17.0. The molecule has 0 radical (unpaired) electrons. The molecule has 0 aromatic rings. The summed E-state index contributed by atoms with van der Waals surface area (Å²) in [7, 11) is 0. The van der Waals surface area contributed by atoms with Crippen LogP contribution in [-0.2, 0) is 14.3 Å². The molecule has 6 heteroatoms. The third kappa shape index (κ3) is 65.4. The monoisotopic (exact) mass is 1110 g/mol. The largest absolute Gasteiger partial charge is 0.466 e. The van der Waals surface area contributed by atoms with Crippen molar-refractivity contribution in [3.63, 3.8) is 0 Å². The average Bonchev–Trinajstić information content (AvgIpc) is 3.45. The fraction of sp³-hybridized carbons (Fsp3) is 0.918. The first-order valence-electron chi connectivity index (χ1n) is 36.1. The number of hydrogen-bond acceptors (Lipinski definition) is 5. The number of aliphatic hydroxyl groups is 2. The first-order chi connectivity index (χ1) is 39.0. The molecule has 0 saturated heterocycles. The maximum atomic E-state index is 12.5. The molecule has 0 fully saturated rings. The van der Waals surface area contributed by atoms with Crippen LogP contribution in [0.4, 0.5) is 0 Å². The number of carbonyl (C=O) groups is 2.